The summed E-state index contributed by atoms with van der Waals surface area (Å²) in [5.74, 6) is 0.0380. The number of carbonyl (C=O) groups excluding carboxylic acids is 1. The number of pyridine rings is 1. The maximum atomic E-state index is 12.4. The first kappa shape index (κ1) is 13.9. The van der Waals surface area contributed by atoms with Crippen molar-refractivity contribution in [3.8, 4) is 0 Å². The molecule has 0 radical (unpaired) electrons. The lowest BCUT2D eigenvalue weighted by Gasteiger charge is -2.09. The molecule has 19 heavy (non-hydrogen) atoms. The van der Waals surface area contributed by atoms with Gasteiger partial charge in [0.25, 0.3) is 0 Å². The molecule has 3 heteroatoms. The summed E-state index contributed by atoms with van der Waals surface area (Å²) < 4.78 is 0. The highest BCUT2D eigenvalue weighted by molar-refractivity contribution is 7.08. The van der Waals surface area contributed by atoms with Gasteiger partial charge in [-0.15, -0.1) is 0 Å². The van der Waals surface area contributed by atoms with E-state index >= 15 is 0 Å². The van der Waals surface area contributed by atoms with E-state index in [1.54, 1.807) is 17.5 Å². The molecule has 0 amide bonds. The van der Waals surface area contributed by atoms with E-state index in [0.717, 1.165) is 17.5 Å². The van der Waals surface area contributed by atoms with Crippen molar-refractivity contribution in [1.29, 1.82) is 0 Å². The van der Waals surface area contributed by atoms with E-state index in [2.05, 4.69) is 11.9 Å². The molecule has 0 unspecified atom stereocenters. The number of thiophene rings is 1. The molecular weight excluding hydrogens is 254 g/mol. The van der Waals surface area contributed by atoms with Gasteiger partial charge in [-0.25, -0.2) is 0 Å². The number of hydrogen-bond acceptors (Lipinski definition) is 3. The van der Waals surface area contributed by atoms with Crippen LogP contribution in [0.15, 0.2) is 29.1 Å². The topological polar surface area (TPSA) is 30.0 Å². The van der Waals surface area contributed by atoms with Crippen LogP contribution in [-0.4, -0.2) is 10.8 Å². The molecule has 2 rings (SSSR count). The lowest BCUT2D eigenvalue weighted by atomic mass is 9.99. The van der Waals surface area contributed by atoms with E-state index in [-0.39, 0.29) is 5.78 Å². The predicted molar refractivity (Wildman–Crippen MR) is 80.0 cm³/mol. The first-order chi connectivity index (χ1) is 9.24. The quantitative estimate of drug-likeness (QED) is 0.576. The van der Waals surface area contributed by atoms with Crippen molar-refractivity contribution in [3.63, 3.8) is 0 Å². The number of rotatable bonds is 6. The Labute approximate surface area is 118 Å². The minimum Gasteiger partial charge on any atom is -0.287 e. The van der Waals surface area contributed by atoms with E-state index in [1.807, 2.05) is 29.8 Å². The summed E-state index contributed by atoms with van der Waals surface area (Å²) in [6.07, 6.45) is 6.41. The fourth-order valence-corrected chi connectivity index (χ4v) is 2.81. The molecule has 0 bridgehead atoms. The van der Waals surface area contributed by atoms with Gasteiger partial charge in [0.1, 0.15) is 5.69 Å². The number of nitrogens with zero attached hydrogens (tertiary/aromatic N) is 1. The summed E-state index contributed by atoms with van der Waals surface area (Å²) in [6, 6.07) is 3.90. The Balaban J connectivity index is 2.22. The number of aryl methyl sites for hydroxylation is 1. The predicted octanol–water partition coefficient (Wildman–Crippen LogP) is 4.42. The molecule has 0 aliphatic rings. The molecule has 2 aromatic rings. The third kappa shape index (κ3) is 3.29. The van der Waals surface area contributed by atoms with Crippen LogP contribution >= 0.6 is 11.3 Å². The van der Waals surface area contributed by atoms with Crippen LogP contribution in [0.4, 0.5) is 0 Å². The van der Waals surface area contributed by atoms with E-state index in [0.29, 0.717) is 5.69 Å². The smallest absolute Gasteiger partial charge is 0.212 e. The largest absolute Gasteiger partial charge is 0.287 e. The molecule has 2 aromatic heterocycles. The number of carbonyl (C=O) groups is 1. The summed E-state index contributed by atoms with van der Waals surface area (Å²) in [5.41, 5.74) is 3.63. The van der Waals surface area contributed by atoms with Crippen molar-refractivity contribution in [2.75, 3.05) is 0 Å². The lowest BCUT2D eigenvalue weighted by Crippen LogP contribution is -2.07. The summed E-state index contributed by atoms with van der Waals surface area (Å²) in [7, 11) is 0. The van der Waals surface area contributed by atoms with Crippen LogP contribution in [-0.2, 0) is 6.42 Å². The molecule has 2 nitrogen and oxygen atoms in total. The minimum atomic E-state index is 0.0380. The molecule has 0 aromatic carbocycles. The number of ketones is 1. The summed E-state index contributed by atoms with van der Waals surface area (Å²) in [5, 5.41) is 3.81. The molecule has 0 aliphatic carbocycles. The first-order valence-electron chi connectivity index (χ1n) is 6.75. The third-order valence-corrected chi connectivity index (χ3v) is 4.05. The van der Waals surface area contributed by atoms with Crippen molar-refractivity contribution in [2.24, 2.45) is 0 Å². The van der Waals surface area contributed by atoms with Crippen molar-refractivity contribution >= 4 is 17.1 Å². The van der Waals surface area contributed by atoms with Crippen LogP contribution in [0.25, 0.3) is 0 Å². The molecule has 0 fully saturated rings. The van der Waals surface area contributed by atoms with Gasteiger partial charge in [0, 0.05) is 17.1 Å². The van der Waals surface area contributed by atoms with Crippen molar-refractivity contribution in [1.82, 2.24) is 4.98 Å². The Morgan fingerprint density at radius 3 is 2.84 bits per heavy atom. The van der Waals surface area contributed by atoms with Gasteiger partial charge in [0.05, 0.1) is 0 Å². The van der Waals surface area contributed by atoms with Crippen LogP contribution in [0, 0.1) is 6.92 Å². The number of aromatic nitrogens is 1. The molecule has 0 atom stereocenters. The van der Waals surface area contributed by atoms with Crippen LogP contribution in [0.2, 0.25) is 0 Å². The van der Waals surface area contributed by atoms with Crippen LogP contribution < -0.4 is 0 Å². The molecule has 0 aliphatic heterocycles. The van der Waals surface area contributed by atoms with E-state index in [1.165, 1.54) is 24.8 Å². The van der Waals surface area contributed by atoms with Gasteiger partial charge in [0.15, 0.2) is 0 Å². The Hall–Kier alpha value is -1.48. The fourth-order valence-electron chi connectivity index (χ4n) is 2.17. The fraction of sp³-hybridized carbons (Fsp3) is 0.375. The maximum absolute atomic E-state index is 12.4. The maximum Gasteiger partial charge on any atom is 0.212 e. The van der Waals surface area contributed by atoms with Gasteiger partial charge in [-0.05, 0) is 48.4 Å². The monoisotopic (exact) mass is 273 g/mol. The standard InChI is InChI=1S/C16H19NOS/c1-3-4-5-6-13-7-9-17-15(12(13)2)16(18)14-8-10-19-11-14/h7-11H,3-6H2,1-2H3. The van der Waals surface area contributed by atoms with Crippen molar-refractivity contribution in [2.45, 2.75) is 39.5 Å². The van der Waals surface area contributed by atoms with Crippen LogP contribution in [0.5, 0.6) is 0 Å². The second-order valence-corrected chi connectivity index (χ2v) is 5.52. The molecule has 0 saturated carbocycles. The normalized spacial score (nSPS) is 10.6. The Kier molecular flexibility index (Phi) is 4.86. The van der Waals surface area contributed by atoms with E-state index in [4.69, 9.17) is 0 Å². The first-order valence-corrected chi connectivity index (χ1v) is 7.69. The zero-order chi connectivity index (χ0) is 13.7. The highest BCUT2D eigenvalue weighted by Gasteiger charge is 2.15. The highest BCUT2D eigenvalue weighted by Crippen LogP contribution is 2.18. The zero-order valence-corrected chi connectivity index (χ0v) is 12.3. The molecule has 100 valence electrons. The van der Waals surface area contributed by atoms with Gasteiger partial charge < -0.3 is 0 Å². The SMILES string of the molecule is CCCCCc1ccnc(C(=O)c2ccsc2)c1C. The molecule has 0 saturated heterocycles. The van der Waals surface area contributed by atoms with Gasteiger partial charge in [-0.1, -0.05) is 19.8 Å². The molecular formula is C16H19NOS. The van der Waals surface area contributed by atoms with Gasteiger partial charge in [-0.3, -0.25) is 9.78 Å². The average molecular weight is 273 g/mol. The summed E-state index contributed by atoms with van der Waals surface area (Å²) >= 11 is 1.54. The van der Waals surface area contributed by atoms with Gasteiger partial charge in [0.2, 0.25) is 5.78 Å². The number of hydrogen-bond donors (Lipinski definition) is 0. The van der Waals surface area contributed by atoms with Crippen molar-refractivity contribution < 1.29 is 4.79 Å². The highest BCUT2D eigenvalue weighted by atomic mass is 32.1. The van der Waals surface area contributed by atoms with Crippen LogP contribution in [0.3, 0.4) is 0 Å². The van der Waals surface area contributed by atoms with E-state index in [9.17, 15) is 4.79 Å². The van der Waals surface area contributed by atoms with Gasteiger partial charge in [-0.2, -0.15) is 11.3 Å². The second kappa shape index (κ2) is 6.62. The average Bonchev–Trinajstić information content (AvgIpc) is 2.94. The number of unbranched alkanes of at least 4 members (excludes halogenated alkanes) is 2. The molecule has 2 heterocycles. The lowest BCUT2D eigenvalue weighted by molar-refractivity contribution is 0.103. The summed E-state index contributed by atoms with van der Waals surface area (Å²) in [6.45, 7) is 4.21. The van der Waals surface area contributed by atoms with Gasteiger partial charge >= 0.3 is 0 Å². The minimum absolute atomic E-state index is 0.0380. The molecule has 0 N–H and O–H groups in total. The molecule has 0 spiro atoms. The summed E-state index contributed by atoms with van der Waals surface area (Å²) in [4.78, 5) is 16.6. The Bertz CT molecular complexity index is 546. The van der Waals surface area contributed by atoms with Crippen molar-refractivity contribution in [3.05, 3.63) is 51.5 Å². The van der Waals surface area contributed by atoms with E-state index < -0.39 is 0 Å². The van der Waals surface area contributed by atoms with Crippen LogP contribution in [0.1, 0.15) is 53.4 Å². The second-order valence-electron chi connectivity index (χ2n) is 4.74. The zero-order valence-electron chi connectivity index (χ0n) is 11.5. The Morgan fingerprint density at radius 1 is 1.32 bits per heavy atom. The Morgan fingerprint density at radius 2 is 2.16 bits per heavy atom. The third-order valence-electron chi connectivity index (χ3n) is 3.36.